The van der Waals surface area contributed by atoms with Crippen LogP contribution >= 0.6 is 0 Å². The number of hydrogen-bond donors (Lipinski definition) is 2. The zero-order valence-electron chi connectivity index (χ0n) is 11.6. The lowest BCUT2D eigenvalue weighted by atomic mass is 10.00. The number of fused-ring (bicyclic) bond motifs is 2. The van der Waals surface area contributed by atoms with Gasteiger partial charge in [-0.05, 0) is 37.8 Å². The maximum Gasteiger partial charge on any atom is 0.238 e. The van der Waals surface area contributed by atoms with Crippen LogP contribution < -0.4 is 5.32 Å². The van der Waals surface area contributed by atoms with E-state index in [0.717, 1.165) is 25.0 Å². The van der Waals surface area contributed by atoms with Gasteiger partial charge >= 0.3 is 0 Å². The number of nitrogens with zero attached hydrogens (tertiary/aromatic N) is 1. The minimum atomic E-state index is -0.777. The van der Waals surface area contributed by atoms with E-state index in [9.17, 15) is 18.7 Å². The number of carbonyl (C=O) groups excluding carboxylic acids is 1. The summed E-state index contributed by atoms with van der Waals surface area (Å²) >= 11 is 0. The van der Waals surface area contributed by atoms with Crippen LogP contribution in [-0.2, 0) is 4.79 Å². The van der Waals surface area contributed by atoms with Crippen molar-refractivity contribution in [3.8, 4) is 0 Å². The molecule has 2 saturated heterocycles. The first-order chi connectivity index (χ1) is 10.0. The van der Waals surface area contributed by atoms with Gasteiger partial charge in [-0.1, -0.05) is 6.07 Å². The highest BCUT2D eigenvalue weighted by Gasteiger charge is 2.40. The smallest absolute Gasteiger partial charge is 0.238 e. The number of carbonyl (C=O) groups is 1. The Bertz CT molecular complexity index is 518. The third-order valence-corrected chi connectivity index (χ3v) is 4.41. The summed E-state index contributed by atoms with van der Waals surface area (Å²) in [5, 5.41) is 12.0. The van der Waals surface area contributed by atoms with Gasteiger partial charge in [-0.2, -0.15) is 0 Å². The number of piperidine rings is 1. The number of aliphatic hydroxyl groups is 1. The highest BCUT2D eigenvalue weighted by Crippen LogP contribution is 2.35. The molecule has 0 radical (unpaired) electrons. The molecule has 21 heavy (non-hydrogen) atoms. The average molecular weight is 296 g/mol. The van der Waals surface area contributed by atoms with Crippen molar-refractivity contribution in [2.75, 3.05) is 11.9 Å². The Morgan fingerprint density at radius 3 is 2.38 bits per heavy atom. The number of aliphatic hydroxyl groups excluding tert-OH is 1. The largest absolute Gasteiger partial charge is 0.393 e. The molecule has 2 heterocycles. The van der Waals surface area contributed by atoms with Crippen LogP contribution in [0.3, 0.4) is 0 Å². The lowest BCUT2D eigenvalue weighted by Crippen LogP contribution is -2.47. The molecule has 2 bridgehead atoms. The topological polar surface area (TPSA) is 52.6 Å². The quantitative estimate of drug-likeness (QED) is 0.895. The Labute approximate surface area is 121 Å². The Hall–Kier alpha value is -1.53. The maximum absolute atomic E-state index is 13.5. The molecule has 0 spiro atoms. The molecule has 3 rings (SSSR count). The standard InChI is InChI=1S/C15H18F2N2O2/c16-12-2-1-3-13(17)15(12)18-14(21)8-19-9-4-5-10(19)7-11(20)6-9/h1-3,9-11,20H,4-8H2,(H,18,21). The van der Waals surface area contributed by atoms with Crippen molar-refractivity contribution in [3.63, 3.8) is 0 Å². The molecule has 1 aromatic rings. The van der Waals surface area contributed by atoms with Crippen molar-refractivity contribution in [2.24, 2.45) is 0 Å². The van der Waals surface area contributed by atoms with Crippen molar-refractivity contribution in [3.05, 3.63) is 29.8 Å². The predicted octanol–water partition coefficient (Wildman–Crippen LogP) is 1.89. The predicted molar refractivity (Wildman–Crippen MR) is 73.7 cm³/mol. The second-order valence-corrected chi connectivity index (χ2v) is 5.83. The number of halogens is 2. The molecular formula is C15H18F2N2O2. The van der Waals surface area contributed by atoms with E-state index in [0.29, 0.717) is 12.8 Å². The maximum atomic E-state index is 13.5. The third kappa shape index (κ3) is 2.91. The molecule has 0 aromatic heterocycles. The summed E-state index contributed by atoms with van der Waals surface area (Å²) < 4.78 is 27.0. The fourth-order valence-corrected chi connectivity index (χ4v) is 3.47. The molecule has 0 aliphatic carbocycles. The van der Waals surface area contributed by atoms with Gasteiger partial charge in [-0.15, -0.1) is 0 Å². The van der Waals surface area contributed by atoms with E-state index in [2.05, 4.69) is 5.32 Å². The molecule has 2 atom stereocenters. The monoisotopic (exact) mass is 296 g/mol. The minimum Gasteiger partial charge on any atom is -0.393 e. The van der Waals surface area contributed by atoms with Crippen molar-refractivity contribution >= 4 is 11.6 Å². The van der Waals surface area contributed by atoms with E-state index >= 15 is 0 Å². The van der Waals surface area contributed by atoms with Gasteiger partial charge in [0.15, 0.2) is 0 Å². The molecular weight excluding hydrogens is 278 g/mol. The molecule has 4 nitrogen and oxygen atoms in total. The normalized spacial score (nSPS) is 28.6. The summed E-state index contributed by atoms with van der Waals surface area (Å²) in [7, 11) is 0. The number of rotatable bonds is 3. The Kier molecular flexibility index (Phi) is 3.91. The van der Waals surface area contributed by atoms with Crippen LogP contribution in [0.5, 0.6) is 0 Å². The van der Waals surface area contributed by atoms with Crippen LogP contribution in [-0.4, -0.2) is 40.6 Å². The van der Waals surface area contributed by atoms with Gasteiger partial charge in [0, 0.05) is 12.1 Å². The molecule has 0 saturated carbocycles. The van der Waals surface area contributed by atoms with Crippen LogP contribution in [0.2, 0.25) is 0 Å². The summed E-state index contributed by atoms with van der Waals surface area (Å²) in [6.45, 7) is 0.107. The van der Waals surface area contributed by atoms with Crippen molar-refractivity contribution in [2.45, 2.75) is 43.9 Å². The summed E-state index contributed by atoms with van der Waals surface area (Å²) in [6, 6.07) is 3.86. The first-order valence-electron chi connectivity index (χ1n) is 7.22. The van der Waals surface area contributed by atoms with Gasteiger partial charge in [0.25, 0.3) is 0 Å². The minimum absolute atomic E-state index is 0.107. The van der Waals surface area contributed by atoms with Gasteiger partial charge < -0.3 is 10.4 Å². The first-order valence-corrected chi connectivity index (χ1v) is 7.22. The van der Waals surface area contributed by atoms with Gasteiger partial charge in [0.1, 0.15) is 17.3 Å². The number of nitrogens with one attached hydrogen (secondary N) is 1. The highest BCUT2D eigenvalue weighted by atomic mass is 19.1. The fourth-order valence-electron chi connectivity index (χ4n) is 3.47. The van der Waals surface area contributed by atoms with Gasteiger partial charge in [0.05, 0.1) is 12.6 Å². The van der Waals surface area contributed by atoms with Crippen molar-refractivity contribution in [1.82, 2.24) is 4.90 Å². The van der Waals surface area contributed by atoms with Gasteiger partial charge in [-0.25, -0.2) is 8.78 Å². The Morgan fingerprint density at radius 2 is 1.81 bits per heavy atom. The number of hydrogen-bond acceptors (Lipinski definition) is 3. The summed E-state index contributed by atoms with van der Waals surface area (Å²) in [6.07, 6.45) is 2.95. The van der Waals surface area contributed by atoms with Gasteiger partial charge in [0.2, 0.25) is 5.91 Å². The number of para-hydroxylation sites is 1. The summed E-state index contributed by atoms with van der Waals surface area (Å²) in [5.41, 5.74) is -0.396. The third-order valence-electron chi connectivity index (χ3n) is 4.41. The Balaban J connectivity index is 1.65. The average Bonchev–Trinajstić information content (AvgIpc) is 2.67. The summed E-state index contributed by atoms with van der Waals surface area (Å²) in [5.74, 6) is -1.98. The van der Waals surface area contributed by atoms with Crippen LogP contribution in [0.4, 0.5) is 14.5 Å². The molecule has 2 fully saturated rings. The molecule has 6 heteroatoms. The van der Waals surface area contributed by atoms with E-state index in [1.54, 1.807) is 0 Å². The van der Waals surface area contributed by atoms with Crippen LogP contribution in [0.15, 0.2) is 18.2 Å². The second kappa shape index (κ2) is 5.69. The molecule has 2 unspecified atom stereocenters. The lowest BCUT2D eigenvalue weighted by molar-refractivity contribution is -0.119. The number of anilines is 1. The highest BCUT2D eigenvalue weighted by molar-refractivity contribution is 5.92. The van der Waals surface area contributed by atoms with Crippen molar-refractivity contribution < 1.29 is 18.7 Å². The van der Waals surface area contributed by atoms with Crippen LogP contribution in [0.25, 0.3) is 0 Å². The fraction of sp³-hybridized carbons (Fsp3) is 0.533. The molecule has 2 N–H and O–H groups in total. The van der Waals surface area contributed by atoms with E-state index in [4.69, 9.17) is 0 Å². The first kappa shape index (κ1) is 14.4. The lowest BCUT2D eigenvalue weighted by Gasteiger charge is -2.36. The molecule has 2 aliphatic rings. The SMILES string of the molecule is O=C(CN1C2CCC1CC(O)C2)Nc1c(F)cccc1F. The van der Waals surface area contributed by atoms with E-state index in [1.807, 2.05) is 4.90 Å². The van der Waals surface area contributed by atoms with E-state index in [1.165, 1.54) is 6.07 Å². The molecule has 2 aliphatic heterocycles. The van der Waals surface area contributed by atoms with E-state index in [-0.39, 0.29) is 24.7 Å². The van der Waals surface area contributed by atoms with Crippen molar-refractivity contribution in [1.29, 1.82) is 0 Å². The van der Waals surface area contributed by atoms with Crippen LogP contribution in [0, 0.1) is 11.6 Å². The van der Waals surface area contributed by atoms with Gasteiger partial charge in [-0.3, -0.25) is 9.69 Å². The number of amides is 1. The van der Waals surface area contributed by atoms with Crippen LogP contribution in [0.1, 0.15) is 25.7 Å². The zero-order valence-corrected chi connectivity index (χ0v) is 11.6. The molecule has 1 amide bonds. The second-order valence-electron chi connectivity index (χ2n) is 5.83. The summed E-state index contributed by atoms with van der Waals surface area (Å²) in [4.78, 5) is 14.1. The Morgan fingerprint density at radius 1 is 1.24 bits per heavy atom. The molecule has 114 valence electrons. The van der Waals surface area contributed by atoms with E-state index < -0.39 is 23.2 Å². The zero-order chi connectivity index (χ0) is 15.0. The number of benzene rings is 1. The molecule has 1 aromatic carbocycles.